The molecule has 2 aromatic rings. The number of hydrogen-bond donors (Lipinski definition) is 3. The van der Waals surface area contributed by atoms with E-state index >= 15 is 0 Å². The zero-order valence-electron chi connectivity index (χ0n) is 13.5. The van der Waals surface area contributed by atoms with E-state index in [0.717, 1.165) is 6.16 Å². The second-order valence-corrected chi connectivity index (χ2v) is 11.5. The largest absolute Gasteiger partial charge is 0.389 e. The lowest BCUT2D eigenvalue weighted by molar-refractivity contribution is -0.0176. The summed E-state index contributed by atoms with van der Waals surface area (Å²) in [5.41, 5.74) is 5.61. The smallest absolute Gasteiger partial charge is 0.280 e. The molecule has 1 fully saturated rings. The summed E-state index contributed by atoms with van der Waals surface area (Å²) < 4.78 is 7.50. The number of anilines is 1. The Balaban J connectivity index is 1.90. The molecule has 2 aromatic heterocycles. The quantitative estimate of drug-likeness (QED) is 0.535. The minimum Gasteiger partial charge on any atom is -0.389 e. The average Bonchev–Trinajstić information content (AvgIpc) is 3.00. The molecule has 0 unspecified atom stereocenters. The van der Waals surface area contributed by atoms with Crippen LogP contribution < -0.4 is 11.3 Å². The summed E-state index contributed by atoms with van der Waals surface area (Å²) in [6, 6.07) is 0. The van der Waals surface area contributed by atoms with Crippen LogP contribution in [0.25, 0.3) is 11.2 Å². The number of hydrogen-bond acceptors (Lipinski definition) is 6. The molecule has 3 heterocycles. The SMILES string of the molecule is C=P(C)(C)CC[C@H]1O[C@@H](n2cnc3c(=O)[nH]c(N)nc32)[C@H](Cl)[C@@H]1O. The van der Waals surface area contributed by atoms with Crippen molar-refractivity contribution >= 4 is 41.9 Å². The van der Waals surface area contributed by atoms with Gasteiger partial charge in [0, 0.05) is 0 Å². The van der Waals surface area contributed by atoms with Gasteiger partial charge in [0.25, 0.3) is 5.56 Å². The van der Waals surface area contributed by atoms with Crippen LogP contribution in [0.3, 0.4) is 0 Å². The Bertz CT molecular complexity index is 860. The highest BCUT2D eigenvalue weighted by Gasteiger charge is 2.44. The van der Waals surface area contributed by atoms with E-state index < -0.39 is 36.3 Å². The third kappa shape index (κ3) is 3.24. The number of H-pyrrole nitrogens is 1. The maximum atomic E-state index is 11.9. The average molecular weight is 374 g/mol. The molecular formula is C14H21ClN5O3P. The molecule has 0 aliphatic carbocycles. The Labute approximate surface area is 144 Å². The predicted molar refractivity (Wildman–Crippen MR) is 97.5 cm³/mol. The Morgan fingerprint density at radius 3 is 2.96 bits per heavy atom. The molecule has 0 spiro atoms. The number of nitrogens with one attached hydrogen (secondary N) is 1. The summed E-state index contributed by atoms with van der Waals surface area (Å²) in [4.78, 5) is 22.4. The van der Waals surface area contributed by atoms with Gasteiger partial charge in [0.05, 0.1) is 12.4 Å². The second kappa shape index (κ2) is 6.19. The molecule has 0 radical (unpaired) electrons. The van der Waals surface area contributed by atoms with Crippen molar-refractivity contribution in [2.24, 2.45) is 0 Å². The topological polar surface area (TPSA) is 119 Å². The van der Waals surface area contributed by atoms with Gasteiger partial charge in [-0.2, -0.15) is 4.98 Å². The standard InChI is InChI=1S/C14H21ClN5O3P/c1-24(2,3)5-4-7-10(21)8(15)13(23-7)20-6-17-9-11(20)18-14(16)19-12(9)22/h6-8,10,13,21H,1,4-5H2,2-3H3,(H3,16,18,19,22)/t7-,8-,10-,13-/m1/s1. The van der Waals surface area contributed by atoms with Crippen molar-refractivity contribution in [1.29, 1.82) is 0 Å². The highest BCUT2D eigenvalue weighted by atomic mass is 35.5. The molecule has 4 atom stereocenters. The van der Waals surface area contributed by atoms with Gasteiger partial charge in [0.1, 0.15) is 11.5 Å². The van der Waals surface area contributed by atoms with Crippen LogP contribution in [0.2, 0.25) is 0 Å². The molecule has 0 saturated carbocycles. The minimum atomic E-state index is -1.22. The van der Waals surface area contributed by atoms with Gasteiger partial charge in [-0.1, -0.05) is 0 Å². The van der Waals surface area contributed by atoms with Crippen LogP contribution in [-0.2, 0) is 4.74 Å². The number of imidazole rings is 1. The summed E-state index contributed by atoms with van der Waals surface area (Å²) in [6.45, 7) is 3.04. The van der Waals surface area contributed by atoms with Crippen molar-refractivity contribution in [3.05, 3.63) is 16.7 Å². The molecule has 132 valence electrons. The normalized spacial score (nSPS) is 27.8. The monoisotopic (exact) mass is 373 g/mol. The molecule has 3 rings (SSSR count). The second-order valence-electron chi connectivity index (χ2n) is 6.72. The van der Waals surface area contributed by atoms with E-state index in [1.165, 1.54) is 6.33 Å². The van der Waals surface area contributed by atoms with Crippen LogP contribution in [-0.4, -0.2) is 68.0 Å². The Morgan fingerprint density at radius 1 is 1.58 bits per heavy atom. The number of alkyl halides is 1. The summed E-state index contributed by atoms with van der Waals surface area (Å²) in [7, 11) is 0. The zero-order valence-corrected chi connectivity index (χ0v) is 15.2. The first-order valence-electron chi connectivity index (χ1n) is 7.54. The van der Waals surface area contributed by atoms with Crippen molar-refractivity contribution in [3.8, 4) is 0 Å². The maximum Gasteiger partial charge on any atom is 0.280 e. The van der Waals surface area contributed by atoms with Crippen molar-refractivity contribution in [2.45, 2.75) is 30.2 Å². The number of nitrogens with zero attached hydrogens (tertiary/aromatic N) is 3. The Morgan fingerprint density at radius 2 is 2.29 bits per heavy atom. The van der Waals surface area contributed by atoms with Gasteiger partial charge in [-0.3, -0.25) is 14.3 Å². The summed E-state index contributed by atoms with van der Waals surface area (Å²) in [6.07, 6.45) is 5.28. The van der Waals surface area contributed by atoms with Gasteiger partial charge in [-0.15, -0.1) is 24.8 Å². The number of aliphatic hydroxyl groups is 1. The Hall–Kier alpha value is -1.34. The fourth-order valence-electron chi connectivity index (χ4n) is 2.77. The predicted octanol–water partition coefficient (Wildman–Crippen LogP) is 0.667. The molecule has 8 nitrogen and oxygen atoms in total. The first-order chi connectivity index (χ1) is 11.2. The van der Waals surface area contributed by atoms with Gasteiger partial charge < -0.3 is 15.6 Å². The van der Waals surface area contributed by atoms with E-state index in [1.54, 1.807) is 4.57 Å². The van der Waals surface area contributed by atoms with Gasteiger partial charge >= 0.3 is 0 Å². The molecular weight excluding hydrogens is 353 g/mol. The third-order valence-electron chi connectivity index (χ3n) is 4.04. The van der Waals surface area contributed by atoms with Gasteiger partial charge in [-0.05, 0) is 25.9 Å². The van der Waals surface area contributed by atoms with Gasteiger partial charge in [0.15, 0.2) is 17.4 Å². The van der Waals surface area contributed by atoms with Crippen molar-refractivity contribution in [2.75, 3.05) is 25.2 Å². The molecule has 4 N–H and O–H groups in total. The van der Waals surface area contributed by atoms with Crippen molar-refractivity contribution in [3.63, 3.8) is 0 Å². The number of fused-ring (bicyclic) bond motifs is 1. The molecule has 24 heavy (non-hydrogen) atoms. The number of nitrogen functional groups attached to an aromatic ring is 1. The summed E-state index contributed by atoms with van der Waals surface area (Å²) in [5.74, 6) is -0.0147. The number of aromatic amines is 1. The minimum absolute atomic E-state index is 0.0147. The highest BCUT2D eigenvalue weighted by Crippen LogP contribution is 2.41. The van der Waals surface area contributed by atoms with Crippen LogP contribution in [0.5, 0.6) is 0 Å². The van der Waals surface area contributed by atoms with Crippen LogP contribution in [0.1, 0.15) is 12.6 Å². The highest BCUT2D eigenvalue weighted by molar-refractivity contribution is 7.72. The molecule has 1 saturated heterocycles. The fraction of sp³-hybridized carbons (Fsp3) is 0.571. The van der Waals surface area contributed by atoms with Crippen LogP contribution >= 0.6 is 18.5 Å². The molecule has 10 heteroatoms. The number of aliphatic hydroxyl groups excluding tert-OH is 1. The summed E-state index contributed by atoms with van der Waals surface area (Å²) >= 11 is 6.37. The van der Waals surface area contributed by atoms with E-state index in [4.69, 9.17) is 22.1 Å². The molecule has 0 bridgehead atoms. The van der Waals surface area contributed by atoms with E-state index in [9.17, 15) is 9.90 Å². The van der Waals surface area contributed by atoms with Gasteiger partial charge in [0.2, 0.25) is 5.95 Å². The lowest BCUT2D eigenvalue weighted by Gasteiger charge is -2.18. The molecule has 0 amide bonds. The van der Waals surface area contributed by atoms with Crippen LogP contribution in [0.4, 0.5) is 5.95 Å². The lowest BCUT2D eigenvalue weighted by atomic mass is 10.1. The molecule has 1 aliphatic heterocycles. The number of aromatic nitrogens is 4. The first-order valence-corrected chi connectivity index (χ1v) is 11.0. The first kappa shape index (κ1) is 17.5. The molecule has 1 aliphatic rings. The van der Waals surface area contributed by atoms with E-state index in [1.807, 2.05) is 0 Å². The number of nitrogens with two attached hydrogens (primary N) is 1. The van der Waals surface area contributed by atoms with Crippen molar-refractivity contribution in [1.82, 2.24) is 19.5 Å². The van der Waals surface area contributed by atoms with Crippen LogP contribution in [0, 0.1) is 0 Å². The van der Waals surface area contributed by atoms with E-state index in [-0.39, 0.29) is 17.1 Å². The van der Waals surface area contributed by atoms with E-state index in [0.29, 0.717) is 6.42 Å². The van der Waals surface area contributed by atoms with Gasteiger partial charge in [-0.25, -0.2) is 4.98 Å². The lowest BCUT2D eigenvalue weighted by Crippen LogP contribution is -2.28. The van der Waals surface area contributed by atoms with E-state index in [2.05, 4.69) is 34.6 Å². The maximum absolute atomic E-state index is 11.9. The summed E-state index contributed by atoms with van der Waals surface area (Å²) in [5, 5.41) is 9.71. The number of ether oxygens (including phenoxy) is 1. The molecule has 0 aromatic carbocycles. The Kier molecular flexibility index (Phi) is 4.51. The number of halogens is 1. The third-order valence-corrected chi connectivity index (χ3v) is 5.98. The van der Waals surface area contributed by atoms with Crippen molar-refractivity contribution < 1.29 is 9.84 Å². The number of rotatable bonds is 4. The fourth-order valence-corrected chi connectivity index (χ4v) is 4.07. The zero-order chi connectivity index (χ0) is 17.6. The van der Waals surface area contributed by atoms with Crippen LogP contribution in [0.15, 0.2) is 11.1 Å².